The van der Waals surface area contributed by atoms with Crippen LogP contribution < -0.4 is 5.32 Å². The second-order valence-corrected chi connectivity index (χ2v) is 4.87. The van der Waals surface area contributed by atoms with Crippen LogP contribution in [0.1, 0.15) is 17.9 Å². The minimum absolute atomic E-state index is 0.0137. The second-order valence-electron chi connectivity index (χ2n) is 4.87. The number of hydrogen-bond acceptors (Lipinski definition) is 2. The van der Waals surface area contributed by atoms with Crippen LogP contribution in [-0.2, 0) is 4.79 Å². The molecule has 1 aliphatic heterocycles. The van der Waals surface area contributed by atoms with Crippen LogP contribution in [0.15, 0.2) is 36.9 Å². The minimum atomic E-state index is -0.195. The van der Waals surface area contributed by atoms with Gasteiger partial charge < -0.3 is 5.32 Å². The Labute approximate surface area is 113 Å². The first-order valence-corrected chi connectivity index (χ1v) is 6.54. The van der Waals surface area contributed by atoms with E-state index in [2.05, 4.69) is 16.8 Å². The van der Waals surface area contributed by atoms with Gasteiger partial charge in [0.25, 0.3) is 0 Å². The summed E-state index contributed by atoms with van der Waals surface area (Å²) in [6.45, 7) is 6.15. The van der Waals surface area contributed by atoms with Crippen molar-refractivity contribution >= 4 is 5.91 Å². The molecule has 1 atom stereocenters. The molecule has 4 heteroatoms. The quantitative estimate of drug-likeness (QED) is 0.822. The standard InChI is InChI=1S/C15H19FN2O/c1-2-7-17-15(19)11-18-8-6-13(10-18)12-4-3-5-14(16)9-12/h2-5,9,13H,1,6-8,10-11H2,(H,17,19)/t13-/m0/s1. The number of amides is 1. The van der Waals surface area contributed by atoms with Gasteiger partial charge in [-0.05, 0) is 36.6 Å². The molecule has 1 heterocycles. The molecular formula is C15H19FN2O. The van der Waals surface area contributed by atoms with Crippen molar-refractivity contribution in [3.05, 3.63) is 48.3 Å². The van der Waals surface area contributed by atoms with Crippen LogP contribution in [0.4, 0.5) is 4.39 Å². The summed E-state index contributed by atoms with van der Waals surface area (Å²) >= 11 is 0. The van der Waals surface area contributed by atoms with Crippen molar-refractivity contribution in [3.8, 4) is 0 Å². The van der Waals surface area contributed by atoms with Crippen LogP contribution in [0.3, 0.4) is 0 Å². The van der Waals surface area contributed by atoms with Gasteiger partial charge >= 0.3 is 0 Å². The van der Waals surface area contributed by atoms with Crippen LogP contribution in [0.2, 0.25) is 0 Å². The molecule has 0 radical (unpaired) electrons. The molecule has 0 aliphatic carbocycles. The Kier molecular flexibility index (Phi) is 4.68. The zero-order valence-corrected chi connectivity index (χ0v) is 10.9. The maximum absolute atomic E-state index is 13.2. The Morgan fingerprint density at radius 2 is 2.42 bits per heavy atom. The van der Waals surface area contributed by atoms with Crippen molar-refractivity contribution in [2.75, 3.05) is 26.2 Å². The molecule has 0 unspecified atom stereocenters. The first-order chi connectivity index (χ1) is 9.19. The molecule has 0 saturated carbocycles. The molecule has 0 spiro atoms. The third-order valence-electron chi connectivity index (χ3n) is 3.40. The van der Waals surface area contributed by atoms with Crippen molar-refractivity contribution in [1.82, 2.24) is 10.2 Å². The van der Waals surface area contributed by atoms with E-state index in [1.165, 1.54) is 6.07 Å². The lowest BCUT2D eigenvalue weighted by Gasteiger charge is -2.15. The molecule has 1 amide bonds. The lowest BCUT2D eigenvalue weighted by atomic mass is 9.98. The maximum atomic E-state index is 13.2. The van der Waals surface area contributed by atoms with Crippen LogP contribution in [0.5, 0.6) is 0 Å². The summed E-state index contributed by atoms with van der Waals surface area (Å²) in [5.74, 6) is 0.141. The van der Waals surface area contributed by atoms with Crippen LogP contribution in [0.25, 0.3) is 0 Å². The number of likely N-dealkylation sites (tertiary alicyclic amines) is 1. The topological polar surface area (TPSA) is 32.3 Å². The van der Waals surface area contributed by atoms with Gasteiger partial charge in [0, 0.05) is 13.1 Å². The van der Waals surface area contributed by atoms with Gasteiger partial charge in [0.15, 0.2) is 0 Å². The Hall–Kier alpha value is -1.68. The number of rotatable bonds is 5. The Morgan fingerprint density at radius 3 is 3.16 bits per heavy atom. The molecule has 0 bridgehead atoms. The zero-order valence-electron chi connectivity index (χ0n) is 10.9. The van der Waals surface area contributed by atoms with Crippen molar-refractivity contribution < 1.29 is 9.18 Å². The first-order valence-electron chi connectivity index (χ1n) is 6.54. The highest BCUT2D eigenvalue weighted by Crippen LogP contribution is 2.27. The first kappa shape index (κ1) is 13.7. The highest BCUT2D eigenvalue weighted by molar-refractivity contribution is 5.78. The van der Waals surface area contributed by atoms with E-state index < -0.39 is 0 Å². The van der Waals surface area contributed by atoms with Crippen molar-refractivity contribution in [1.29, 1.82) is 0 Å². The molecule has 1 fully saturated rings. The molecule has 3 nitrogen and oxygen atoms in total. The van der Waals surface area contributed by atoms with Gasteiger partial charge in [-0.1, -0.05) is 18.2 Å². The van der Waals surface area contributed by atoms with E-state index in [-0.39, 0.29) is 11.7 Å². The number of nitrogens with zero attached hydrogens (tertiary/aromatic N) is 1. The van der Waals surface area contributed by atoms with Crippen molar-refractivity contribution in [2.24, 2.45) is 0 Å². The average molecular weight is 262 g/mol. The number of carbonyl (C=O) groups is 1. The Morgan fingerprint density at radius 1 is 1.58 bits per heavy atom. The number of hydrogen-bond donors (Lipinski definition) is 1. The Bertz CT molecular complexity index is 461. The molecule has 1 N–H and O–H groups in total. The van der Waals surface area contributed by atoms with Gasteiger partial charge in [-0.2, -0.15) is 0 Å². The van der Waals surface area contributed by atoms with E-state index in [0.29, 0.717) is 19.0 Å². The third kappa shape index (κ3) is 3.89. The monoisotopic (exact) mass is 262 g/mol. The highest BCUT2D eigenvalue weighted by atomic mass is 19.1. The second kappa shape index (κ2) is 6.48. The number of carbonyl (C=O) groups excluding carboxylic acids is 1. The third-order valence-corrected chi connectivity index (χ3v) is 3.40. The van der Waals surface area contributed by atoms with Gasteiger partial charge in [-0.3, -0.25) is 9.69 Å². The van der Waals surface area contributed by atoms with Crippen molar-refractivity contribution in [2.45, 2.75) is 12.3 Å². The smallest absolute Gasteiger partial charge is 0.234 e. The molecule has 1 aromatic carbocycles. The SMILES string of the molecule is C=CCNC(=O)CN1CC[C@H](c2cccc(F)c2)C1. The maximum Gasteiger partial charge on any atom is 0.234 e. The molecular weight excluding hydrogens is 243 g/mol. The van der Waals surface area contributed by atoms with E-state index in [0.717, 1.165) is 25.1 Å². The van der Waals surface area contributed by atoms with E-state index >= 15 is 0 Å². The number of halogens is 1. The van der Waals surface area contributed by atoms with Gasteiger partial charge in [-0.25, -0.2) is 4.39 Å². The summed E-state index contributed by atoms with van der Waals surface area (Å²) in [5, 5.41) is 2.76. The van der Waals surface area contributed by atoms with E-state index in [9.17, 15) is 9.18 Å². The molecule has 1 aromatic rings. The summed E-state index contributed by atoms with van der Waals surface area (Å²) < 4.78 is 13.2. The lowest BCUT2D eigenvalue weighted by molar-refractivity contribution is -0.121. The summed E-state index contributed by atoms with van der Waals surface area (Å²) in [7, 11) is 0. The molecule has 2 rings (SSSR count). The lowest BCUT2D eigenvalue weighted by Crippen LogP contribution is -2.36. The van der Waals surface area contributed by atoms with Crippen LogP contribution >= 0.6 is 0 Å². The number of nitrogens with one attached hydrogen (secondary N) is 1. The Balaban J connectivity index is 1.86. The molecule has 19 heavy (non-hydrogen) atoms. The minimum Gasteiger partial charge on any atom is -0.352 e. The molecule has 0 aromatic heterocycles. The number of benzene rings is 1. The van der Waals surface area contributed by atoms with Gasteiger partial charge in [-0.15, -0.1) is 6.58 Å². The summed E-state index contributed by atoms with van der Waals surface area (Å²) in [6, 6.07) is 6.74. The van der Waals surface area contributed by atoms with Crippen LogP contribution in [0, 0.1) is 5.82 Å². The molecule has 102 valence electrons. The van der Waals surface area contributed by atoms with Gasteiger partial charge in [0.1, 0.15) is 5.82 Å². The van der Waals surface area contributed by atoms with Gasteiger partial charge in [0.2, 0.25) is 5.91 Å². The van der Waals surface area contributed by atoms with E-state index in [1.54, 1.807) is 18.2 Å². The zero-order chi connectivity index (χ0) is 13.7. The summed E-state index contributed by atoms with van der Waals surface area (Å²) in [6.07, 6.45) is 2.63. The predicted octanol–water partition coefficient (Wildman–Crippen LogP) is 1.92. The molecule has 1 saturated heterocycles. The van der Waals surface area contributed by atoms with E-state index in [4.69, 9.17) is 0 Å². The molecule has 1 aliphatic rings. The normalized spacial score (nSPS) is 19.3. The fraction of sp³-hybridized carbons (Fsp3) is 0.400. The van der Waals surface area contributed by atoms with E-state index in [1.807, 2.05) is 6.07 Å². The van der Waals surface area contributed by atoms with Gasteiger partial charge in [0.05, 0.1) is 6.54 Å². The fourth-order valence-corrected chi connectivity index (χ4v) is 2.45. The summed E-state index contributed by atoms with van der Waals surface area (Å²) in [4.78, 5) is 13.7. The highest BCUT2D eigenvalue weighted by Gasteiger charge is 2.25. The van der Waals surface area contributed by atoms with Crippen LogP contribution in [-0.4, -0.2) is 37.0 Å². The predicted molar refractivity (Wildman–Crippen MR) is 73.4 cm³/mol. The fourth-order valence-electron chi connectivity index (χ4n) is 2.45. The average Bonchev–Trinajstić information content (AvgIpc) is 2.85. The summed E-state index contributed by atoms with van der Waals surface area (Å²) in [5.41, 5.74) is 1.02. The largest absolute Gasteiger partial charge is 0.352 e. The van der Waals surface area contributed by atoms with Crippen molar-refractivity contribution in [3.63, 3.8) is 0 Å².